The van der Waals surface area contributed by atoms with Crippen LogP contribution in [0.2, 0.25) is 0 Å². The van der Waals surface area contributed by atoms with E-state index < -0.39 is 17.1 Å². The summed E-state index contributed by atoms with van der Waals surface area (Å²) >= 11 is 5.70. The van der Waals surface area contributed by atoms with Crippen LogP contribution >= 0.6 is 11.6 Å². The summed E-state index contributed by atoms with van der Waals surface area (Å²) in [5, 5.41) is -0.763. The highest BCUT2D eigenvalue weighted by molar-refractivity contribution is 6.34. The fourth-order valence-electron chi connectivity index (χ4n) is 1.43. The van der Waals surface area contributed by atoms with E-state index in [1.165, 1.54) is 25.1 Å². The second-order valence-electron chi connectivity index (χ2n) is 3.62. The van der Waals surface area contributed by atoms with Crippen LogP contribution in [0.25, 0.3) is 0 Å². The average molecular weight is 269 g/mol. The number of alkyl halides is 1. The Labute approximate surface area is 110 Å². The number of Topliss-reactive ketones (excluding diaryl/α,β-unsaturated/α-hetero) is 1. The lowest BCUT2D eigenvalue weighted by molar-refractivity contribution is 0.0526. The molecule has 1 aromatic rings. The Bertz CT molecular complexity index is 480. The van der Waals surface area contributed by atoms with Crippen molar-refractivity contribution in [2.45, 2.75) is 19.2 Å². The summed E-state index contributed by atoms with van der Waals surface area (Å²) in [4.78, 5) is 34.2. The third kappa shape index (κ3) is 3.17. The molecule has 0 heterocycles. The van der Waals surface area contributed by atoms with Crippen molar-refractivity contribution < 1.29 is 19.1 Å². The second-order valence-corrected chi connectivity index (χ2v) is 4.28. The van der Waals surface area contributed by atoms with E-state index in [0.717, 1.165) is 0 Å². The largest absolute Gasteiger partial charge is 0.462 e. The van der Waals surface area contributed by atoms with Gasteiger partial charge in [0.2, 0.25) is 0 Å². The molecule has 1 unspecified atom stereocenters. The maximum Gasteiger partial charge on any atom is 0.338 e. The lowest BCUT2D eigenvalue weighted by atomic mass is 10.00. The van der Waals surface area contributed by atoms with Gasteiger partial charge in [0, 0.05) is 11.1 Å². The van der Waals surface area contributed by atoms with Crippen molar-refractivity contribution in [3.63, 3.8) is 0 Å². The van der Waals surface area contributed by atoms with E-state index in [-0.39, 0.29) is 23.3 Å². The molecule has 18 heavy (non-hydrogen) atoms. The third-order valence-corrected chi connectivity index (χ3v) is 2.52. The van der Waals surface area contributed by atoms with Gasteiger partial charge in [-0.3, -0.25) is 9.59 Å². The van der Waals surface area contributed by atoms with E-state index in [4.69, 9.17) is 16.3 Å². The van der Waals surface area contributed by atoms with Crippen LogP contribution in [0, 0.1) is 0 Å². The van der Waals surface area contributed by atoms with Crippen LogP contribution in [-0.4, -0.2) is 30.0 Å². The number of esters is 1. The van der Waals surface area contributed by atoms with Gasteiger partial charge in [-0.05, 0) is 26.0 Å². The maximum absolute atomic E-state index is 11.8. The number of aldehydes is 1. The van der Waals surface area contributed by atoms with Gasteiger partial charge in [-0.15, -0.1) is 11.6 Å². The molecule has 0 aliphatic heterocycles. The van der Waals surface area contributed by atoms with Gasteiger partial charge in [-0.2, -0.15) is 0 Å². The zero-order chi connectivity index (χ0) is 13.7. The topological polar surface area (TPSA) is 60.4 Å². The van der Waals surface area contributed by atoms with Gasteiger partial charge in [0.1, 0.15) is 0 Å². The molecule has 0 radical (unpaired) electrons. The Morgan fingerprint density at radius 1 is 1.44 bits per heavy atom. The predicted octanol–water partition coefficient (Wildman–Crippen LogP) is 2.49. The van der Waals surface area contributed by atoms with E-state index in [9.17, 15) is 14.4 Å². The van der Waals surface area contributed by atoms with Crippen molar-refractivity contribution in [3.05, 3.63) is 34.9 Å². The number of halogens is 1. The highest BCUT2D eigenvalue weighted by atomic mass is 35.5. The molecule has 0 N–H and O–H groups in total. The first-order valence-corrected chi connectivity index (χ1v) is 5.89. The van der Waals surface area contributed by atoms with Crippen LogP contribution in [0.15, 0.2) is 18.2 Å². The van der Waals surface area contributed by atoms with Crippen molar-refractivity contribution in [2.24, 2.45) is 0 Å². The van der Waals surface area contributed by atoms with E-state index in [2.05, 4.69) is 0 Å². The van der Waals surface area contributed by atoms with Gasteiger partial charge >= 0.3 is 5.97 Å². The number of rotatable bonds is 5. The summed E-state index contributed by atoms with van der Waals surface area (Å²) in [7, 11) is 0. The third-order valence-electron chi connectivity index (χ3n) is 2.32. The summed E-state index contributed by atoms with van der Waals surface area (Å²) < 4.78 is 4.83. The van der Waals surface area contributed by atoms with Gasteiger partial charge in [-0.1, -0.05) is 6.07 Å². The minimum Gasteiger partial charge on any atom is -0.462 e. The zero-order valence-electron chi connectivity index (χ0n) is 10.1. The van der Waals surface area contributed by atoms with Crippen molar-refractivity contribution >= 4 is 29.6 Å². The molecule has 4 nitrogen and oxygen atoms in total. The van der Waals surface area contributed by atoms with Gasteiger partial charge in [0.15, 0.2) is 12.1 Å². The number of ketones is 1. The molecule has 0 aliphatic carbocycles. The second kappa shape index (κ2) is 6.31. The molecule has 0 saturated carbocycles. The Hall–Kier alpha value is -1.68. The summed E-state index contributed by atoms with van der Waals surface area (Å²) in [6.45, 7) is 3.43. The number of hydrogen-bond donors (Lipinski definition) is 0. The lowest BCUT2D eigenvalue weighted by Crippen LogP contribution is -2.15. The van der Waals surface area contributed by atoms with E-state index in [1.54, 1.807) is 6.92 Å². The highest BCUT2D eigenvalue weighted by Gasteiger charge is 2.18. The quantitative estimate of drug-likeness (QED) is 0.356. The predicted molar refractivity (Wildman–Crippen MR) is 67.4 cm³/mol. The highest BCUT2D eigenvalue weighted by Crippen LogP contribution is 2.16. The number of hydrogen-bond acceptors (Lipinski definition) is 4. The molecular formula is C13H13ClO4. The first-order valence-electron chi connectivity index (χ1n) is 5.45. The molecule has 1 aromatic carbocycles. The first-order chi connectivity index (χ1) is 8.51. The van der Waals surface area contributed by atoms with Crippen LogP contribution in [0.3, 0.4) is 0 Å². The van der Waals surface area contributed by atoms with Crippen LogP contribution in [0.4, 0.5) is 0 Å². The lowest BCUT2D eigenvalue weighted by Gasteiger charge is -2.08. The Balaban J connectivity index is 3.21. The van der Waals surface area contributed by atoms with Crippen molar-refractivity contribution in [1.29, 1.82) is 0 Å². The monoisotopic (exact) mass is 268 g/mol. The fraction of sp³-hybridized carbons (Fsp3) is 0.308. The van der Waals surface area contributed by atoms with Crippen LogP contribution in [0.1, 0.15) is 44.9 Å². The van der Waals surface area contributed by atoms with Gasteiger partial charge < -0.3 is 4.74 Å². The number of benzene rings is 1. The summed E-state index contributed by atoms with van der Waals surface area (Å²) in [6, 6.07) is 4.19. The molecule has 5 heteroatoms. The van der Waals surface area contributed by atoms with E-state index in [1.807, 2.05) is 0 Å². The van der Waals surface area contributed by atoms with Crippen molar-refractivity contribution in [3.8, 4) is 0 Å². The number of carbonyl (C=O) groups is 3. The van der Waals surface area contributed by atoms with E-state index in [0.29, 0.717) is 6.29 Å². The van der Waals surface area contributed by atoms with Crippen LogP contribution < -0.4 is 0 Å². The molecule has 0 amide bonds. The van der Waals surface area contributed by atoms with Crippen LogP contribution in [-0.2, 0) is 4.74 Å². The standard InChI is InChI=1S/C13H13ClO4/c1-3-18-13(17)9-4-5-10(7-15)11(6-9)12(16)8(2)14/h4-8H,3H2,1-2H3. The average Bonchev–Trinajstić information content (AvgIpc) is 2.37. The molecule has 0 aliphatic rings. The smallest absolute Gasteiger partial charge is 0.338 e. The summed E-state index contributed by atoms with van der Waals surface area (Å²) in [5.74, 6) is -0.934. The molecule has 0 spiro atoms. The molecular weight excluding hydrogens is 256 g/mol. The zero-order valence-corrected chi connectivity index (χ0v) is 10.9. The summed E-state index contributed by atoms with van der Waals surface area (Å²) in [6.07, 6.45) is 0.557. The van der Waals surface area contributed by atoms with Gasteiger partial charge in [0.05, 0.1) is 17.5 Å². The Morgan fingerprint density at radius 2 is 2.11 bits per heavy atom. The normalized spacial score (nSPS) is 11.7. The van der Waals surface area contributed by atoms with Gasteiger partial charge in [-0.25, -0.2) is 4.79 Å². The number of carbonyl (C=O) groups excluding carboxylic acids is 3. The minimum atomic E-state index is -0.763. The maximum atomic E-state index is 11.8. The number of ether oxygens (including phenoxy) is 1. The minimum absolute atomic E-state index is 0.137. The Morgan fingerprint density at radius 3 is 2.61 bits per heavy atom. The molecule has 0 aromatic heterocycles. The molecule has 1 rings (SSSR count). The summed E-state index contributed by atoms with van der Waals surface area (Å²) in [5.41, 5.74) is 0.571. The van der Waals surface area contributed by atoms with Crippen molar-refractivity contribution in [2.75, 3.05) is 6.61 Å². The van der Waals surface area contributed by atoms with Crippen molar-refractivity contribution in [1.82, 2.24) is 0 Å². The molecule has 0 bridgehead atoms. The van der Waals surface area contributed by atoms with Crippen LogP contribution in [0.5, 0.6) is 0 Å². The fourth-order valence-corrected chi connectivity index (χ4v) is 1.55. The molecule has 1 atom stereocenters. The SMILES string of the molecule is CCOC(=O)c1ccc(C=O)c(C(=O)C(C)Cl)c1. The molecule has 96 valence electrons. The van der Waals surface area contributed by atoms with Gasteiger partial charge in [0.25, 0.3) is 0 Å². The molecule has 0 saturated heterocycles. The first kappa shape index (κ1) is 14.4. The molecule has 0 fully saturated rings. The Kier molecular flexibility index (Phi) is 5.04. The van der Waals surface area contributed by atoms with E-state index >= 15 is 0 Å².